The number of carbonyl (C=O) groups excluding carboxylic acids is 1. The first-order valence-electron chi connectivity index (χ1n) is 7.45. The molecule has 1 aliphatic rings. The van der Waals surface area contributed by atoms with Gasteiger partial charge in [0.2, 0.25) is 5.91 Å². The number of aryl methyl sites for hydroxylation is 1. The fourth-order valence-electron chi connectivity index (χ4n) is 2.82. The highest BCUT2D eigenvalue weighted by molar-refractivity contribution is 5.84. The summed E-state index contributed by atoms with van der Waals surface area (Å²) in [4.78, 5) is 25.4. The fourth-order valence-corrected chi connectivity index (χ4v) is 2.82. The van der Waals surface area contributed by atoms with Gasteiger partial charge in [-0.1, -0.05) is 24.3 Å². The Bertz CT molecular complexity index is 701. The molecule has 0 radical (unpaired) electrons. The highest BCUT2D eigenvalue weighted by Crippen LogP contribution is 2.24. The van der Waals surface area contributed by atoms with Crippen LogP contribution in [0.3, 0.4) is 0 Å². The summed E-state index contributed by atoms with van der Waals surface area (Å²) < 4.78 is 1.55. The number of aliphatic carboxylic acids is 1. The van der Waals surface area contributed by atoms with Crippen molar-refractivity contribution < 1.29 is 14.7 Å². The van der Waals surface area contributed by atoms with E-state index in [4.69, 9.17) is 0 Å². The number of hydrogen-bond acceptors (Lipinski definition) is 5. The van der Waals surface area contributed by atoms with E-state index in [1.54, 1.807) is 4.68 Å². The highest BCUT2D eigenvalue weighted by atomic mass is 16.4. The second kappa shape index (κ2) is 6.55. The highest BCUT2D eigenvalue weighted by Gasteiger charge is 2.33. The van der Waals surface area contributed by atoms with Gasteiger partial charge in [0.1, 0.15) is 12.4 Å². The van der Waals surface area contributed by atoms with Crippen molar-refractivity contribution in [1.29, 1.82) is 0 Å². The maximum absolute atomic E-state index is 12.5. The van der Waals surface area contributed by atoms with Gasteiger partial charge in [-0.2, -0.15) is 0 Å². The Kier molecular flexibility index (Phi) is 4.31. The molecule has 0 fully saturated rings. The van der Waals surface area contributed by atoms with E-state index < -0.39 is 12.0 Å². The molecule has 1 aromatic heterocycles. The largest absolute Gasteiger partial charge is 0.480 e. The van der Waals surface area contributed by atoms with Gasteiger partial charge in [-0.25, -0.2) is 9.48 Å². The molecular formula is C15H17N5O3. The van der Waals surface area contributed by atoms with Gasteiger partial charge in [0.15, 0.2) is 0 Å². The second-order valence-corrected chi connectivity index (χ2v) is 5.52. The summed E-state index contributed by atoms with van der Waals surface area (Å²) in [5.41, 5.74) is 2.01. The molecule has 2 heterocycles. The van der Waals surface area contributed by atoms with Crippen LogP contribution in [0.1, 0.15) is 24.0 Å². The SMILES string of the molecule is O=C(O)[C@@H]1Cc2ccccc2CN1C(=O)CCCn1cnnn1. The summed E-state index contributed by atoms with van der Waals surface area (Å²) in [5, 5.41) is 20.2. The predicted octanol–water partition coefficient (Wildman–Crippen LogP) is 0.491. The van der Waals surface area contributed by atoms with Gasteiger partial charge in [0.25, 0.3) is 0 Å². The van der Waals surface area contributed by atoms with Crippen LogP contribution >= 0.6 is 0 Å². The third-order valence-corrected chi connectivity index (χ3v) is 4.02. The molecule has 0 bridgehead atoms. The van der Waals surface area contributed by atoms with Crippen LogP contribution in [0.4, 0.5) is 0 Å². The average Bonchev–Trinajstić information content (AvgIpc) is 3.06. The number of carbonyl (C=O) groups is 2. The van der Waals surface area contributed by atoms with E-state index in [9.17, 15) is 14.7 Å². The molecule has 2 aromatic rings. The minimum atomic E-state index is -0.965. The van der Waals surface area contributed by atoms with Crippen LogP contribution in [0.5, 0.6) is 0 Å². The molecule has 0 saturated carbocycles. The van der Waals surface area contributed by atoms with Gasteiger partial charge in [-0.05, 0) is 28.0 Å². The zero-order chi connectivity index (χ0) is 16.2. The molecule has 1 N–H and O–H groups in total. The summed E-state index contributed by atoms with van der Waals surface area (Å²) in [5.74, 6) is -1.12. The third-order valence-electron chi connectivity index (χ3n) is 4.02. The van der Waals surface area contributed by atoms with Crippen LogP contribution in [0, 0.1) is 0 Å². The number of fused-ring (bicyclic) bond motifs is 1. The van der Waals surface area contributed by atoms with E-state index >= 15 is 0 Å². The van der Waals surface area contributed by atoms with E-state index in [1.807, 2.05) is 24.3 Å². The van der Waals surface area contributed by atoms with Crippen molar-refractivity contribution in [1.82, 2.24) is 25.1 Å². The number of tetrazole rings is 1. The summed E-state index contributed by atoms with van der Waals surface area (Å²) >= 11 is 0. The van der Waals surface area contributed by atoms with Crippen molar-refractivity contribution in [3.05, 3.63) is 41.7 Å². The van der Waals surface area contributed by atoms with Crippen LogP contribution in [0.15, 0.2) is 30.6 Å². The lowest BCUT2D eigenvalue weighted by Crippen LogP contribution is -2.48. The summed E-state index contributed by atoms with van der Waals surface area (Å²) in [6.07, 6.45) is 2.67. The van der Waals surface area contributed by atoms with Crippen molar-refractivity contribution >= 4 is 11.9 Å². The van der Waals surface area contributed by atoms with Crippen LogP contribution in [-0.2, 0) is 29.1 Å². The summed E-state index contributed by atoms with van der Waals surface area (Å²) in [6, 6.07) is 6.85. The molecule has 8 heteroatoms. The van der Waals surface area contributed by atoms with Crippen molar-refractivity contribution in [2.45, 2.75) is 38.4 Å². The van der Waals surface area contributed by atoms with Crippen LogP contribution in [0.25, 0.3) is 0 Å². The zero-order valence-electron chi connectivity index (χ0n) is 12.5. The van der Waals surface area contributed by atoms with Crippen LogP contribution in [0.2, 0.25) is 0 Å². The quantitative estimate of drug-likeness (QED) is 0.862. The summed E-state index contributed by atoms with van der Waals surface area (Å²) in [6.45, 7) is 0.873. The minimum Gasteiger partial charge on any atom is -0.480 e. The Labute approximate surface area is 132 Å². The number of nitrogens with zero attached hydrogens (tertiary/aromatic N) is 5. The monoisotopic (exact) mass is 315 g/mol. The summed E-state index contributed by atoms with van der Waals surface area (Å²) in [7, 11) is 0. The topological polar surface area (TPSA) is 101 Å². The predicted molar refractivity (Wildman–Crippen MR) is 79.2 cm³/mol. The van der Waals surface area contributed by atoms with Crippen LogP contribution < -0.4 is 0 Å². The Morgan fingerprint density at radius 2 is 2.04 bits per heavy atom. The van der Waals surface area contributed by atoms with E-state index in [0.717, 1.165) is 11.1 Å². The number of benzene rings is 1. The second-order valence-electron chi connectivity index (χ2n) is 5.52. The number of amides is 1. The minimum absolute atomic E-state index is 0.153. The van der Waals surface area contributed by atoms with E-state index in [0.29, 0.717) is 25.9 Å². The first-order valence-corrected chi connectivity index (χ1v) is 7.45. The number of carboxylic acid groups (broad SMARTS) is 1. The van der Waals surface area contributed by atoms with Gasteiger partial charge in [-0.15, -0.1) is 5.10 Å². The lowest BCUT2D eigenvalue weighted by atomic mass is 9.93. The Hall–Kier alpha value is -2.77. The van der Waals surface area contributed by atoms with Crippen molar-refractivity contribution in [2.24, 2.45) is 0 Å². The van der Waals surface area contributed by atoms with Gasteiger partial charge in [0, 0.05) is 25.9 Å². The number of carboxylic acids is 1. The fraction of sp³-hybridized carbons (Fsp3) is 0.400. The van der Waals surface area contributed by atoms with E-state index in [-0.39, 0.29) is 12.3 Å². The molecule has 0 unspecified atom stereocenters. The number of hydrogen-bond donors (Lipinski definition) is 1. The molecule has 3 rings (SSSR count). The van der Waals surface area contributed by atoms with Crippen LogP contribution in [-0.4, -0.2) is 48.1 Å². The van der Waals surface area contributed by atoms with Crippen molar-refractivity contribution in [3.63, 3.8) is 0 Å². The normalized spacial score (nSPS) is 16.9. The average molecular weight is 315 g/mol. The maximum atomic E-state index is 12.5. The molecule has 1 aromatic carbocycles. The maximum Gasteiger partial charge on any atom is 0.326 e. The van der Waals surface area contributed by atoms with Crippen molar-refractivity contribution in [2.75, 3.05) is 0 Å². The molecule has 23 heavy (non-hydrogen) atoms. The lowest BCUT2D eigenvalue weighted by Gasteiger charge is -2.34. The molecule has 1 aliphatic heterocycles. The first kappa shape index (κ1) is 15.1. The smallest absolute Gasteiger partial charge is 0.326 e. The molecule has 0 spiro atoms. The third kappa shape index (κ3) is 3.36. The van der Waals surface area contributed by atoms with Gasteiger partial charge < -0.3 is 10.0 Å². The standard InChI is InChI=1S/C15H17N5O3/c21-14(6-3-7-19-10-16-17-18-19)20-9-12-5-2-1-4-11(12)8-13(20)15(22)23/h1-2,4-5,10,13H,3,6-9H2,(H,22,23)/t13-/m0/s1. The van der Waals surface area contributed by atoms with Gasteiger partial charge in [0.05, 0.1) is 0 Å². The number of rotatable bonds is 5. The van der Waals surface area contributed by atoms with E-state index in [2.05, 4.69) is 15.5 Å². The lowest BCUT2D eigenvalue weighted by molar-refractivity contribution is -0.151. The Morgan fingerprint density at radius 3 is 2.74 bits per heavy atom. The molecule has 0 aliphatic carbocycles. The molecule has 120 valence electrons. The van der Waals surface area contributed by atoms with Gasteiger partial charge >= 0.3 is 5.97 Å². The molecule has 0 saturated heterocycles. The Balaban J connectivity index is 1.66. The molecular weight excluding hydrogens is 298 g/mol. The molecule has 1 amide bonds. The van der Waals surface area contributed by atoms with Crippen molar-refractivity contribution in [3.8, 4) is 0 Å². The van der Waals surface area contributed by atoms with Gasteiger partial charge in [-0.3, -0.25) is 4.79 Å². The molecule has 1 atom stereocenters. The Morgan fingerprint density at radius 1 is 1.26 bits per heavy atom. The number of aromatic nitrogens is 4. The van der Waals surface area contributed by atoms with E-state index in [1.165, 1.54) is 11.2 Å². The zero-order valence-corrected chi connectivity index (χ0v) is 12.5. The first-order chi connectivity index (χ1) is 11.1. The molecule has 8 nitrogen and oxygen atoms in total.